The molecule has 4 nitrogen and oxygen atoms in total. The van der Waals surface area contributed by atoms with Crippen molar-refractivity contribution in [2.75, 3.05) is 0 Å². The first-order chi connectivity index (χ1) is 10.2. The first-order valence-electron chi connectivity index (χ1n) is 7.29. The fraction of sp³-hybridized carbons (Fsp3) is 0.438. The van der Waals surface area contributed by atoms with Crippen LogP contribution in [0.1, 0.15) is 36.5 Å². The van der Waals surface area contributed by atoms with Crippen molar-refractivity contribution in [3.8, 4) is 0 Å². The number of hydrogen-bond acceptors (Lipinski definition) is 4. The molecule has 1 atom stereocenters. The van der Waals surface area contributed by atoms with Crippen LogP contribution in [0.4, 0.5) is 0 Å². The molecule has 0 bridgehead atoms. The summed E-state index contributed by atoms with van der Waals surface area (Å²) in [7, 11) is 0. The standard InChI is InChI=1S/C16H21N3OS/c1-3-12(2)18-15(20)10-14-11-21-16(19-14)5-4-13-6-8-17-9-7-13/h6-9,11-12H,3-5,10H2,1-2H3,(H,18,20). The zero-order chi connectivity index (χ0) is 15.1. The third-order valence-electron chi connectivity index (χ3n) is 3.34. The van der Waals surface area contributed by atoms with Crippen LogP contribution in [-0.2, 0) is 24.1 Å². The Morgan fingerprint density at radius 1 is 1.33 bits per heavy atom. The molecule has 112 valence electrons. The van der Waals surface area contributed by atoms with E-state index in [1.54, 1.807) is 11.3 Å². The topological polar surface area (TPSA) is 54.9 Å². The van der Waals surface area contributed by atoms with E-state index in [1.165, 1.54) is 5.56 Å². The summed E-state index contributed by atoms with van der Waals surface area (Å²) in [6.07, 6.45) is 6.79. The van der Waals surface area contributed by atoms with Crippen molar-refractivity contribution in [2.24, 2.45) is 0 Å². The van der Waals surface area contributed by atoms with Gasteiger partial charge in [-0.1, -0.05) is 6.92 Å². The molecule has 0 aromatic carbocycles. The molecule has 2 aromatic rings. The Kier molecular flexibility index (Phi) is 5.87. The van der Waals surface area contributed by atoms with E-state index in [9.17, 15) is 4.79 Å². The zero-order valence-corrected chi connectivity index (χ0v) is 13.3. The van der Waals surface area contributed by atoms with Crippen LogP contribution < -0.4 is 5.32 Å². The predicted octanol–water partition coefficient (Wildman–Crippen LogP) is 2.78. The maximum atomic E-state index is 11.8. The summed E-state index contributed by atoms with van der Waals surface area (Å²) in [6.45, 7) is 4.07. The molecule has 0 spiro atoms. The van der Waals surface area contributed by atoms with Crippen LogP contribution in [-0.4, -0.2) is 21.9 Å². The second-order valence-electron chi connectivity index (χ2n) is 5.14. The Balaban J connectivity index is 1.82. The van der Waals surface area contributed by atoms with Crippen molar-refractivity contribution >= 4 is 17.2 Å². The molecule has 0 aliphatic rings. The van der Waals surface area contributed by atoms with Gasteiger partial charge in [0.1, 0.15) is 0 Å². The molecule has 0 fully saturated rings. The van der Waals surface area contributed by atoms with E-state index in [1.807, 2.05) is 36.8 Å². The van der Waals surface area contributed by atoms with Crippen molar-refractivity contribution in [1.82, 2.24) is 15.3 Å². The molecule has 2 rings (SSSR count). The van der Waals surface area contributed by atoms with Gasteiger partial charge in [0, 0.05) is 30.2 Å². The van der Waals surface area contributed by atoms with Gasteiger partial charge >= 0.3 is 0 Å². The van der Waals surface area contributed by atoms with Gasteiger partial charge in [-0.25, -0.2) is 4.98 Å². The second kappa shape index (κ2) is 7.88. The fourth-order valence-corrected chi connectivity index (χ4v) is 2.74. The van der Waals surface area contributed by atoms with Gasteiger partial charge in [0.2, 0.25) is 5.91 Å². The largest absolute Gasteiger partial charge is 0.353 e. The number of pyridine rings is 1. The molecule has 1 N–H and O–H groups in total. The number of thiazole rings is 1. The zero-order valence-electron chi connectivity index (χ0n) is 12.5. The maximum Gasteiger partial charge on any atom is 0.226 e. The van der Waals surface area contributed by atoms with Crippen molar-refractivity contribution < 1.29 is 4.79 Å². The third-order valence-corrected chi connectivity index (χ3v) is 4.30. The first kappa shape index (κ1) is 15.6. The quantitative estimate of drug-likeness (QED) is 0.855. The van der Waals surface area contributed by atoms with Crippen molar-refractivity contribution in [2.45, 2.75) is 45.6 Å². The van der Waals surface area contributed by atoms with Crippen LogP contribution in [0.2, 0.25) is 0 Å². The smallest absolute Gasteiger partial charge is 0.226 e. The molecule has 1 amide bonds. The van der Waals surface area contributed by atoms with Crippen molar-refractivity contribution in [3.63, 3.8) is 0 Å². The van der Waals surface area contributed by atoms with E-state index in [4.69, 9.17) is 0 Å². The van der Waals surface area contributed by atoms with Gasteiger partial charge in [0.15, 0.2) is 0 Å². The molecule has 2 heterocycles. The van der Waals surface area contributed by atoms with E-state index in [0.717, 1.165) is 30.0 Å². The number of amides is 1. The maximum absolute atomic E-state index is 11.8. The molecule has 0 saturated carbocycles. The van der Waals surface area contributed by atoms with Crippen LogP contribution >= 0.6 is 11.3 Å². The van der Waals surface area contributed by atoms with Crippen LogP contribution in [0.15, 0.2) is 29.9 Å². The van der Waals surface area contributed by atoms with Crippen LogP contribution in [0, 0.1) is 0 Å². The van der Waals surface area contributed by atoms with Crippen LogP contribution in [0.3, 0.4) is 0 Å². The van der Waals surface area contributed by atoms with Crippen molar-refractivity contribution in [3.05, 3.63) is 46.2 Å². The number of nitrogens with zero attached hydrogens (tertiary/aromatic N) is 2. The van der Waals surface area contributed by atoms with Gasteiger partial charge in [0.05, 0.1) is 17.1 Å². The summed E-state index contributed by atoms with van der Waals surface area (Å²) in [6, 6.07) is 4.27. The summed E-state index contributed by atoms with van der Waals surface area (Å²) in [4.78, 5) is 20.4. The van der Waals surface area contributed by atoms with E-state index >= 15 is 0 Å². The molecule has 0 saturated heterocycles. The molecular formula is C16H21N3OS. The average Bonchev–Trinajstić information content (AvgIpc) is 2.93. The third kappa shape index (κ3) is 5.27. The minimum absolute atomic E-state index is 0.0512. The Morgan fingerprint density at radius 2 is 2.10 bits per heavy atom. The number of aryl methyl sites for hydroxylation is 2. The Morgan fingerprint density at radius 3 is 2.81 bits per heavy atom. The Labute approximate surface area is 129 Å². The molecule has 5 heteroatoms. The van der Waals surface area contributed by atoms with Crippen LogP contribution in [0.5, 0.6) is 0 Å². The van der Waals surface area contributed by atoms with Gasteiger partial charge in [-0.2, -0.15) is 0 Å². The molecule has 2 aromatic heterocycles. The number of aromatic nitrogens is 2. The number of rotatable bonds is 7. The normalized spacial score (nSPS) is 12.1. The minimum atomic E-state index is 0.0512. The highest BCUT2D eigenvalue weighted by Crippen LogP contribution is 2.13. The minimum Gasteiger partial charge on any atom is -0.353 e. The fourth-order valence-electron chi connectivity index (χ4n) is 1.94. The van der Waals surface area contributed by atoms with Crippen molar-refractivity contribution in [1.29, 1.82) is 0 Å². The highest BCUT2D eigenvalue weighted by Gasteiger charge is 2.09. The number of hydrogen-bond donors (Lipinski definition) is 1. The van der Waals surface area contributed by atoms with E-state index in [0.29, 0.717) is 6.42 Å². The molecule has 21 heavy (non-hydrogen) atoms. The first-order valence-corrected chi connectivity index (χ1v) is 8.17. The Hall–Kier alpha value is -1.75. The summed E-state index contributed by atoms with van der Waals surface area (Å²) in [5.74, 6) is 0.0512. The lowest BCUT2D eigenvalue weighted by atomic mass is 10.1. The summed E-state index contributed by atoms with van der Waals surface area (Å²) in [5, 5.41) is 6.03. The molecule has 0 aliphatic heterocycles. The summed E-state index contributed by atoms with van der Waals surface area (Å²) >= 11 is 1.63. The monoisotopic (exact) mass is 303 g/mol. The predicted molar refractivity (Wildman–Crippen MR) is 85.4 cm³/mol. The molecule has 0 radical (unpaired) electrons. The lowest BCUT2D eigenvalue weighted by Crippen LogP contribution is -2.33. The molecule has 0 aliphatic carbocycles. The van der Waals surface area contributed by atoms with Gasteiger partial charge in [-0.15, -0.1) is 11.3 Å². The highest BCUT2D eigenvalue weighted by atomic mass is 32.1. The van der Waals surface area contributed by atoms with E-state index in [2.05, 4.69) is 22.2 Å². The molecular weight excluding hydrogens is 282 g/mol. The Bertz CT molecular complexity index is 568. The summed E-state index contributed by atoms with van der Waals surface area (Å²) < 4.78 is 0. The lowest BCUT2D eigenvalue weighted by molar-refractivity contribution is -0.121. The molecule has 1 unspecified atom stereocenters. The number of nitrogens with one attached hydrogen (secondary N) is 1. The second-order valence-corrected chi connectivity index (χ2v) is 6.08. The van der Waals surface area contributed by atoms with Crippen LogP contribution in [0.25, 0.3) is 0 Å². The van der Waals surface area contributed by atoms with E-state index < -0.39 is 0 Å². The highest BCUT2D eigenvalue weighted by molar-refractivity contribution is 7.09. The number of carbonyl (C=O) groups is 1. The van der Waals surface area contributed by atoms with Gasteiger partial charge < -0.3 is 5.32 Å². The number of carbonyl (C=O) groups excluding carboxylic acids is 1. The van der Waals surface area contributed by atoms with Gasteiger partial charge in [-0.05, 0) is 37.5 Å². The lowest BCUT2D eigenvalue weighted by Gasteiger charge is -2.10. The summed E-state index contributed by atoms with van der Waals surface area (Å²) in [5.41, 5.74) is 2.13. The average molecular weight is 303 g/mol. The van der Waals surface area contributed by atoms with Gasteiger partial charge in [0.25, 0.3) is 0 Å². The van der Waals surface area contributed by atoms with Gasteiger partial charge in [-0.3, -0.25) is 9.78 Å². The van der Waals surface area contributed by atoms with E-state index in [-0.39, 0.29) is 11.9 Å². The SMILES string of the molecule is CCC(C)NC(=O)Cc1csc(CCc2ccncc2)n1.